The second-order valence-electron chi connectivity index (χ2n) is 4.24. The van der Waals surface area contributed by atoms with Crippen molar-refractivity contribution in [2.24, 2.45) is 7.05 Å². The molecule has 0 amide bonds. The highest BCUT2D eigenvalue weighted by molar-refractivity contribution is 5.17. The van der Waals surface area contributed by atoms with Crippen LogP contribution in [0.3, 0.4) is 0 Å². The number of hydrogen-bond acceptors (Lipinski definition) is 2. The summed E-state index contributed by atoms with van der Waals surface area (Å²) in [4.78, 5) is 0. The van der Waals surface area contributed by atoms with Crippen LogP contribution in [-0.2, 0) is 13.5 Å². The zero-order valence-electron chi connectivity index (χ0n) is 9.18. The van der Waals surface area contributed by atoms with Crippen molar-refractivity contribution in [2.45, 2.75) is 32.7 Å². The van der Waals surface area contributed by atoms with Crippen molar-refractivity contribution in [3.8, 4) is 0 Å². The first-order valence-electron chi connectivity index (χ1n) is 4.62. The van der Waals surface area contributed by atoms with E-state index in [1.165, 1.54) is 11.3 Å². The predicted octanol–water partition coefficient (Wildman–Crippen LogP) is 1.27. The summed E-state index contributed by atoms with van der Waals surface area (Å²) in [6.45, 7) is 6.47. The molecule has 13 heavy (non-hydrogen) atoms. The second-order valence-corrected chi connectivity index (χ2v) is 4.24. The maximum absolute atomic E-state index is 4.42. The highest BCUT2D eigenvalue weighted by Crippen LogP contribution is 2.13. The maximum Gasteiger partial charge on any atom is 0.0671 e. The largest absolute Gasteiger partial charge is 0.314 e. The molecule has 0 aliphatic heterocycles. The lowest BCUT2D eigenvalue weighted by atomic mass is 9.97. The molecule has 3 heteroatoms. The molecule has 0 unspecified atom stereocenters. The van der Waals surface area contributed by atoms with Gasteiger partial charge in [-0.3, -0.25) is 4.68 Å². The van der Waals surface area contributed by atoms with E-state index in [1.807, 2.05) is 18.8 Å². The van der Waals surface area contributed by atoms with Gasteiger partial charge in [-0.2, -0.15) is 5.10 Å². The van der Waals surface area contributed by atoms with Gasteiger partial charge in [0.05, 0.1) is 5.69 Å². The molecule has 0 saturated heterocycles. The molecule has 0 aromatic carbocycles. The lowest BCUT2D eigenvalue weighted by Crippen LogP contribution is -2.38. The predicted molar refractivity (Wildman–Crippen MR) is 54.8 cm³/mol. The minimum Gasteiger partial charge on any atom is -0.314 e. The highest BCUT2D eigenvalue weighted by atomic mass is 15.3. The van der Waals surface area contributed by atoms with Gasteiger partial charge < -0.3 is 5.32 Å². The number of hydrogen-bond donors (Lipinski definition) is 1. The molecule has 1 rings (SSSR count). The molecule has 0 spiro atoms. The summed E-state index contributed by atoms with van der Waals surface area (Å²) < 4.78 is 1.87. The molecule has 0 aliphatic carbocycles. The van der Waals surface area contributed by atoms with Gasteiger partial charge in [0, 0.05) is 25.2 Å². The molecule has 3 nitrogen and oxygen atoms in total. The lowest BCUT2D eigenvalue weighted by Gasteiger charge is -2.22. The van der Waals surface area contributed by atoms with E-state index in [1.54, 1.807) is 0 Å². The van der Waals surface area contributed by atoms with Crippen molar-refractivity contribution in [3.63, 3.8) is 0 Å². The average molecular weight is 181 g/mol. The number of rotatable bonds is 3. The summed E-state index contributed by atoms with van der Waals surface area (Å²) in [5.74, 6) is 0. The zero-order chi connectivity index (χ0) is 10.1. The lowest BCUT2D eigenvalue weighted by molar-refractivity contribution is 0.415. The molecule has 0 atom stereocenters. The van der Waals surface area contributed by atoms with Crippen molar-refractivity contribution in [1.29, 1.82) is 0 Å². The van der Waals surface area contributed by atoms with E-state index in [9.17, 15) is 0 Å². The van der Waals surface area contributed by atoms with Gasteiger partial charge in [0.1, 0.15) is 0 Å². The van der Waals surface area contributed by atoms with Gasteiger partial charge in [-0.25, -0.2) is 0 Å². The van der Waals surface area contributed by atoms with Crippen molar-refractivity contribution >= 4 is 0 Å². The Labute approximate surface area is 80.1 Å². The molecule has 74 valence electrons. The average Bonchev–Trinajstić information content (AvgIpc) is 2.30. The number of nitrogens with one attached hydrogen (secondary N) is 1. The molecular formula is C10H19N3. The number of aromatic nitrogens is 2. The van der Waals surface area contributed by atoms with Crippen LogP contribution in [0.1, 0.15) is 25.1 Å². The van der Waals surface area contributed by atoms with Crippen molar-refractivity contribution in [3.05, 3.63) is 17.5 Å². The van der Waals surface area contributed by atoms with E-state index in [0.29, 0.717) is 0 Å². The summed E-state index contributed by atoms with van der Waals surface area (Å²) in [6.07, 6.45) is 3.03. The van der Waals surface area contributed by atoms with Crippen molar-refractivity contribution < 1.29 is 0 Å². The van der Waals surface area contributed by atoms with E-state index in [4.69, 9.17) is 0 Å². The minimum absolute atomic E-state index is 0.124. The maximum atomic E-state index is 4.42. The first-order valence-corrected chi connectivity index (χ1v) is 4.62. The Morgan fingerprint density at radius 3 is 2.54 bits per heavy atom. The Balaban J connectivity index is 2.79. The molecule has 1 aromatic heterocycles. The van der Waals surface area contributed by atoms with Gasteiger partial charge in [0.15, 0.2) is 0 Å². The van der Waals surface area contributed by atoms with Crippen LogP contribution < -0.4 is 5.32 Å². The van der Waals surface area contributed by atoms with Crippen molar-refractivity contribution in [1.82, 2.24) is 15.1 Å². The second kappa shape index (κ2) is 3.50. The normalized spacial score (nSPS) is 12.1. The molecule has 0 saturated carbocycles. The smallest absolute Gasteiger partial charge is 0.0671 e. The van der Waals surface area contributed by atoms with Crippen LogP contribution in [0.25, 0.3) is 0 Å². The molecule has 1 aromatic rings. The zero-order valence-corrected chi connectivity index (χ0v) is 9.18. The SMILES string of the molecule is CNC(C)(C)Cc1nn(C)cc1C. The fraction of sp³-hybridized carbons (Fsp3) is 0.700. The van der Waals surface area contributed by atoms with Gasteiger partial charge in [-0.1, -0.05) is 0 Å². The van der Waals surface area contributed by atoms with Gasteiger partial charge in [-0.05, 0) is 33.4 Å². The Kier molecular flexibility index (Phi) is 2.76. The van der Waals surface area contributed by atoms with Crippen LogP contribution in [-0.4, -0.2) is 22.4 Å². The van der Waals surface area contributed by atoms with Crippen LogP contribution in [0.4, 0.5) is 0 Å². The molecule has 1 N–H and O–H groups in total. The molecule has 0 fully saturated rings. The summed E-state index contributed by atoms with van der Waals surface area (Å²) in [5.41, 5.74) is 2.58. The van der Waals surface area contributed by atoms with Crippen molar-refractivity contribution in [2.75, 3.05) is 7.05 Å². The molecular weight excluding hydrogens is 162 g/mol. The number of likely N-dealkylation sites (N-methyl/N-ethyl adjacent to an activating group) is 1. The third-order valence-electron chi connectivity index (χ3n) is 2.40. The summed E-state index contributed by atoms with van der Waals surface area (Å²) >= 11 is 0. The molecule has 0 bridgehead atoms. The number of aryl methyl sites for hydroxylation is 2. The van der Waals surface area contributed by atoms with E-state index in [2.05, 4.69) is 37.4 Å². The summed E-state index contributed by atoms with van der Waals surface area (Å²) in [6, 6.07) is 0. The first kappa shape index (κ1) is 10.3. The van der Waals surface area contributed by atoms with Gasteiger partial charge in [0.2, 0.25) is 0 Å². The molecule has 1 heterocycles. The van der Waals surface area contributed by atoms with E-state index >= 15 is 0 Å². The van der Waals surface area contributed by atoms with Gasteiger partial charge in [-0.15, -0.1) is 0 Å². The molecule has 0 radical (unpaired) electrons. The molecule has 0 aliphatic rings. The van der Waals surface area contributed by atoms with Crippen LogP contribution >= 0.6 is 0 Å². The fourth-order valence-electron chi connectivity index (χ4n) is 1.33. The standard InChI is InChI=1S/C10H19N3/c1-8-7-13(5)12-9(8)6-10(2,3)11-4/h7,11H,6H2,1-5H3. The Morgan fingerprint density at radius 1 is 1.54 bits per heavy atom. The van der Waals surface area contributed by atoms with Crippen LogP contribution in [0.5, 0.6) is 0 Å². The van der Waals surface area contributed by atoms with E-state index < -0.39 is 0 Å². The van der Waals surface area contributed by atoms with Gasteiger partial charge in [0.25, 0.3) is 0 Å². The highest BCUT2D eigenvalue weighted by Gasteiger charge is 2.18. The Morgan fingerprint density at radius 2 is 2.15 bits per heavy atom. The Bertz CT molecular complexity index is 286. The fourth-order valence-corrected chi connectivity index (χ4v) is 1.33. The van der Waals surface area contributed by atoms with E-state index in [-0.39, 0.29) is 5.54 Å². The monoisotopic (exact) mass is 181 g/mol. The summed E-state index contributed by atoms with van der Waals surface area (Å²) in [7, 11) is 3.95. The Hall–Kier alpha value is -0.830. The van der Waals surface area contributed by atoms with Crippen LogP contribution in [0.2, 0.25) is 0 Å². The third kappa shape index (κ3) is 2.56. The minimum atomic E-state index is 0.124. The first-order chi connectivity index (χ1) is 5.94. The third-order valence-corrected chi connectivity index (χ3v) is 2.40. The topological polar surface area (TPSA) is 29.9 Å². The quantitative estimate of drug-likeness (QED) is 0.761. The van der Waals surface area contributed by atoms with Gasteiger partial charge >= 0.3 is 0 Å². The van der Waals surface area contributed by atoms with Crippen LogP contribution in [0.15, 0.2) is 6.20 Å². The van der Waals surface area contributed by atoms with E-state index in [0.717, 1.165) is 6.42 Å². The van der Waals surface area contributed by atoms with Crippen LogP contribution in [0, 0.1) is 6.92 Å². The summed E-state index contributed by atoms with van der Waals surface area (Å²) in [5, 5.41) is 7.70. The number of nitrogens with zero attached hydrogens (tertiary/aromatic N) is 2.